The van der Waals surface area contributed by atoms with Gasteiger partial charge < -0.3 is 14.2 Å². The fourth-order valence-corrected chi connectivity index (χ4v) is 17.7. The number of anilines is 6. The summed E-state index contributed by atoms with van der Waals surface area (Å²) in [6.45, 7) is 0. The van der Waals surface area contributed by atoms with Crippen molar-refractivity contribution in [3.8, 4) is 33.4 Å². The SMILES string of the molecule is c1ccc(-c2ccc(N(c3ccc4c(c3)C3(Cc5ccccc5C3)c3ccccc3-4)c3cccc4oc5ccccc5c34)cc2)cc1.c1ccc2c(c1)CC1(C2)c2ccccc2-c2ccc(N(c3ccc4ccccc4c3)c3ccc4c(c3)sc3ccccc34)cc21. The second-order valence-corrected chi connectivity index (χ2v) is 26.7. The van der Waals surface area contributed by atoms with Crippen molar-refractivity contribution >= 4 is 98.3 Å². The molecule has 4 aliphatic rings. The summed E-state index contributed by atoms with van der Waals surface area (Å²) in [5.74, 6) is 0. The van der Waals surface area contributed by atoms with Crippen molar-refractivity contribution in [1.29, 1.82) is 0 Å². The predicted molar refractivity (Wildman–Crippen MR) is 385 cm³/mol. The third kappa shape index (κ3) is 8.20. The molecule has 0 bridgehead atoms. The van der Waals surface area contributed by atoms with Gasteiger partial charge in [-0.1, -0.05) is 231 Å². The van der Waals surface area contributed by atoms with Gasteiger partial charge in [-0.3, -0.25) is 0 Å². The fourth-order valence-electron chi connectivity index (χ4n) is 16.6. The van der Waals surface area contributed by atoms with Gasteiger partial charge in [-0.25, -0.2) is 0 Å². The second kappa shape index (κ2) is 20.8. The van der Waals surface area contributed by atoms with Gasteiger partial charge in [-0.15, -0.1) is 11.3 Å². The maximum atomic E-state index is 6.39. The van der Waals surface area contributed by atoms with E-state index in [1.165, 1.54) is 126 Å². The van der Waals surface area contributed by atoms with Gasteiger partial charge in [0, 0.05) is 64.8 Å². The molecule has 92 heavy (non-hydrogen) atoms. The molecular weight excluding hydrogens is 1130 g/mol. The molecule has 0 atom stereocenters. The largest absolute Gasteiger partial charge is 0.456 e. The van der Waals surface area contributed by atoms with Crippen molar-refractivity contribution in [1.82, 2.24) is 0 Å². The Bertz CT molecular complexity index is 5590. The quantitative estimate of drug-likeness (QED) is 0.159. The Balaban J connectivity index is 0.000000132. The van der Waals surface area contributed by atoms with Gasteiger partial charge >= 0.3 is 0 Å². The molecule has 0 saturated carbocycles. The highest BCUT2D eigenvalue weighted by molar-refractivity contribution is 7.25. The lowest BCUT2D eigenvalue weighted by Crippen LogP contribution is -2.26. The van der Waals surface area contributed by atoms with Crippen molar-refractivity contribution in [2.75, 3.05) is 9.80 Å². The Labute approximate surface area is 539 Å². The van der Waals surface area contributed by atoms with Crippen molar-refractivity contribution in [2.24, 2.45) is 0 Å². The van der Waals surface area contributed by atoms with Crippen LogP contribution in [0.1, 0.15) is 44.5 Å². The van der Waals surface area contributed by atoms with E-state index < -0.39 is 0 Å². The normalized spacial score (nSPS) is 14.1. The maximum Gasteiger partial charge on any atom is 0.137 e. The van der Waals surface area contributed by atoms with Crippen LogP contribution < -0.4 is 9.80 Å². The summed E-state index contributed by atoms with van der Waals surface area (Å²) >= 11 is 1.88. The van der Waals surface area contributed by atoms with Crippen LogP contribution in [0.5, 0.6) is 0 Å². The van der Waals surface area contributed by atoms with Crippen LogP contribution in [0.4, 0.5) is 34.1 Å². The minimum absolute atomic E-state index is 0.0455. The first kappa shape index (κ1) is 52.9. The summed E-state index contributed by atoms with van der Waals surface area (Å²) in [4.78, 5) is 4.90. The maximum absolute atomic E-state index is 6.39. The lowest BCUT2D eigenvalue weighted by Gasteiger charge is -2.30. The van der Waals surface area contributed by atoms with Crippen LogP contribution in [-0.2, 0) is 36.5 Å². The number of hydrogen-bond acceptors (Lipinski definition) is 4. The number of hydrogen-bond donors (Lipinski definition) is 0. The molecule has 4 aliphatic carbocycles. The molecule has 4 heteroatoms. The number of para-hydroxylation sites is 1. The molecule has 16 aromatic rings. The van der Waals surface area contributed by atoms with Crippen LogP contribution in [0.3, 0.4) is 0 Å². The van der Waals surface area contributed by atoms with E-state index in [1.807, 2.05) is 17.4 Å². The van der Waals surface area contributed by atoms with Crippen molar-refractivity contribution < 1.29 is 4.42 Å². The fraction of sp³-hybridized carbons (Fsp3) is 0.0682. The zero-order valence-corrected chi connectivity index (χ0v) is 51.4. The van der Waals surface area contributed by atoms with Crippen LogP contribution in [0, 0.1) is 0 Å². The number of rotatable bonds is 7. The van der Waals surface area contributed by atoms with Gasteiger partial charge in [-0.2, -0.15) is 0 Å². The van der Waals surface area contributed by atoms with Gasteiger partial charge in [0.25, 0.3) is 0 Å². The molecule has 3 nitrogen and oxygen atoms in total. The molecule has 0 radical (unpaired) electrons. The lowest BCUT2D eigenvalue weighted by atomic mass is 9.75. The first-order chi connectivity index (χ1) is 45.5. The summed E-state index contributed by atoms with van der Waals surface area (Å²) in [5, 5.41) is 7.42. The molecule has 0 unspecified atom stereocenters. The molecular formula is C88H60N2OS. The highest BCUT2D eigenvalue weighted by Gasteiger charge is 2.49. The minimum atomic E-state index is -0.0805. The second-order valence-electron chi connectivity index (χ2n) is 25.6. The number of benzene rings is 14. The van der Waals surface area contributed by atoms with Gasteiger partial charge in [0.2, 0.25) is 0 Å². The third-order valence-electron chi connectivity index (χ3n) is 20.7. The zero-order valence-electron chi connectivity index (χ0n) is 50.6. The van der Waals surface area contributed by atoms with E-state index in [-0.39, 0.29) is 10.8 Å². The summed E-state index contributed by atoms with van der Waals surface area (Å²) in [6, 6.07) is 116. The van der Waals surface area contributed by atoms with Crippen LogP contribution in [0.15, 0.2) is 320 Å². The molecule has 20 rings (SSSR count). The summed E-state index contributed by atoms with van der Waals surface area (Å²) in [5.41, 5.74) is 28.2. The number of furan rings is 1. The van der Waals surface area contributed by atoms with E-state index in [0.29, 0.717) is 0 Å². The molecule has 14 aromatic carbocycles. The molecule has 0 amide bonds. The highest BCUT2D eigenvalue weighted by Crippen LogP contribution is 2.59. The summed E-state index contributed by atoms with van der Waals surface area (Å²) in [6.07, 6.45) is 4.12. The molecule has 2 heterocycles. The Kier molecular flexibility index (Phi) is 11.9. The van der Waals surface area contributed by atoms with Crippen LogP contribution in [0.2, 0.25) is 0 Å². The molecule has 2 aromatic heterocycles. The van der Waals surface area contributed by atoms with E-state index in [1.54, 1.807) is 0 Å². The van der Waals surface area contributed by atoms with E-state index in [2.05, 4.69) is 319 Å². The molecule has 434 valence electrons. The van der Waals surface area contributed by atoms with Crippen molar-refractivity contribution in [3.05, 3.63) is 360 Å². The zero-order chi connectivity index (χ0) is 60.5. The topological polar surface area (TPSA) is 19.6 Å². The third-order valence-corrected chi connectivity index (χ3v) is 21.8. The van der Waals surface area contributed by atoms with E-state index >= 15 is 0 Å². The summed E-state index contributed by atoms with van der Waals surface area (Å²) in [7, 11) is 0. The van der Waals surface area contributed by atoms with Crippen molar-refractivity contribution in [3.63, 3.8) is 0 Å². The highest BCUT2D eigenvalue weighted by atomic mass is 32.1. The average molecular weight is 1190 g/mol. The number of nitrogens with zero attached hydrogens (tertiary/aromatic N) is 2. The average Bonchev–Trinajstić information content (AvgIpc) is 1.55. The summed E-state index contributed by atoms with van der Waals surface area (Å²) < 4.78 is 9.04. The van der Waals surface area contributed by atoms with E-state index in [9.17, 15) is 0 Å². The smallest absolute Gasteiger partial charge is 0.137 e. The van der Waals surface area contributed by atoms with E-state index in [0.717, 1.165) is 64.7 Å². The Morgan fingerprint density at radius 2 is 0.750 bits per heavy atom. The first-order valence-electron chi connectivity index (χ1n) is 32.2. The monoisotopic (exact) mass is 1190 g/mol. The molecule has 2 spiro atoms. The van der Waals surface area contributed by atoms with Gasteiger partial charge in [0.1, 0.15) is 11.2 Å². The Morgan fingerprint density at radius 1 is 0.283 bits per heavy atom. The minimum Gasteiger partial charge on any atom is -0.456 e. The van der Waals surface area contributed by atoms with Crippen LogP contribution in [0.25, 0.3) is 86.3 Å². The number of fused-ring (bicyclic) bond motifs is 19. The number of thiophene rings is 1. The Morgan fingerprint density at radius 3 is 1.42 bits per heavy atom. The first-order valence-corrected chi connectivity index (χ1v) is 33.0. The molecule has 0 saturated heterocycles. The van der Waals surface area contributed by atoms with Crippen LogP contribution in [-0.4, -0.2) is 0 Å². The predicted octanol–water partition coefficient (Wildman–Crippen LogP) is 23.5. The van der Waals surface area contributed by atoms with E-state index in [4.69, 9.17) is 4.42 Å². The molecule has 0 N–H and O–H groups in total. The molecule has 0 aliphatic heterocycles. The Hall–Kier alpha value is -11.0. The standard InChI is InChI=1S/C45H31NO.C43H29NS/c1-2-11-30(12-3-1)31-21-23-34(24-22-31)46(41-18-10-20-43-44(41)38-16-7-9-19-42(38)47-43)35-25-26-37-36-15-6-8-17-39(36)45(40(37)27-35)28-32-13-4-5-14-33(32)29-45;1-2-10-29-23-32(18-17-28(29)9-1)44(34-20-22-38-37-14-6-8-16-41(37)45-42(38)25-34)33-19-21-36-35-13-5-7-15-39(35)43(40(36)24-33)26-30-11-3-4-12-31(30)27-43/h1-27H,28-29H2;1-25H,26-27H2. The van der Waals surface area contributed by atoms with Gasteiger partial charge in [-0.05, 0) is 199 Å². The molecule has 0 fully saturated rings. The lowest BCUT2D eigenvalue weighted by molar-refractivity contribution is 0.563. The van der Waals surface area contributed by atoms with Crippen LogP contribution >= 0.6 is 11.3 Å². The van der Waals surface area contributed by atoms with Crippen molar-refractivity contribution in [2.45, 2.75) is 36.5 Å². The van der Waals surface area contributed by atoms with Gasteiger partial charge in [0.15, 0.2) is 0 Å². The van der Waals surface area contributed by atoms with Gasteiger partial charge in [0.05, 0.1) is 11.1 Å².